The Morgan fingerprint density at radius 3 is 2.30 bits per heavy atom. The number of rotatable bonds is 6. The van der Waals surface area contributed by atoms with Gasteiger partial charge in [-0.3, -0.25) is 14.4 Å². The second kappa shape index (κ2) is 9.17. The first-order valence-electron chi connectivity index (χ1n) is 9.73. The average molecular weight is 404 g/mol. The van der Waals surface area contributed by atoms with Crippen LogP contribution in [0.25, 0.3) is 11.3 Å². The zero-order valence-electron chi connectivity index (χ0n) is 17.2. The molecule has 7 heteroatoms. The minimum atomic E-state index is -0.837. The molecule has 1 atom stereocenters. The third-order valence-corrected chi connectivity index (χ3v) is 4.62. The minimum Gasteiger partial charge on any atom is -0.324 e. The van der Waals surface area contributed by atoms with Crippen LogP contribution in [0, 0.1) is 6.92 Å². The van der Waals surface area contributed by atoms with Crippen molar-refractivity contribution in [3.8, 4) is 11.3 Å². The first kappa shape index (κ1) is 21.0. The Balaban J connectivity index is 2.07. The summed E-state index contributed by atoms with van der Waals surface area (Å²) < 4.78 is 1.15. The Morgan fingerprint density at radius 1 is 1.03 bits per heavy atom. The van der Waals surface area contributed by atoms with Crippen molar-refractivity contribution in [2.24, 2.45) is 0 Å². The molecular weight excluding hydrogens is 380 g/mol. The van der Waals surface area contributed by atoms with Gasteiger partial charge in [0.15, 0.2) is 0 Å². The van der Waals surface area contributed by atoms with Gasteiger partial charge in [0.25, 0.3) is 5.56 Å². The fourth-order valence-corrected chi connectivity index (χ4v) is 3.08. The number of anilines is 2. The number of nitrogens with one attached hydrogen (secondary N) is 2. The Bertz CT molecular complexity index is 1110. The van der Waals surface area contributed by atoms with E-state index in [1.54, 1.807) is 19.1 Å². The Labute approximate surface area is 174 Å². The van der Waals surface area contributed by atoms with Crippen molar-refractivity contribution in [2.45, 2.75) is 33.2 Å². The fraction of sp³-hybridized carbons (Fsp3) is 0.217. The molecule has 154 valence electrons. The van der Waals surface area contributed by atoms with Crippen molar-refractivity contribution in [1.82, 2.24) is 9.78 Å². The average Bonchev–Trinajstić information content (AvgIpc) is 2.72. The highest BCUT2D eigenvalue weighted by Crippen LogP contribution is 2.21. The highest BCUT2D eigenvalue weighted by Gasteiger charge is 2.23. The van der Waals surface area contributed by atoms with Gasteiger partial charge in [0, 0.05) is 18.2 Å². The van der Waals surface area contributed by atoms with Gasteiger partial charge in [0.1, 0.15) is 11.7 Å². The summed E-state index contributed by atoms with van der Waals surface area (Å²) in [5.74, 6) is -0.727. The van der Waals surface area contributed by atoms with Crippen LogP contribution in [-0.2, 0) is 9.59 Å². The van der Waals surface area contributed by atoms with E-state index < -0.39 is 11.6 Å². The van der Waals surface area contributed by atoms with Crippen molar-refractivity contribution in [2.75, 3.05) is 10.6 Å². The third-order valence-electron chi connectivity index (χ3n) is 4.62. The smallest absolute Gasteiger partial charge is 0.291 e. The summed E-state index contributed by atoms with van der Waals surface area (Å²) in [4.78, 5) is 37.6. The molecule has 1 aromatic heterocycles. The fourth-order valence-electron chi connectivity index (χ4n) is 3.08. The Kier molecular flexibility index (Phi) is 6.41. The summed E-state index contributed by atoms with van der Waals surface area (Å²) in [5, 5.41) is 9.84. The van der Waals surface area contributed by atoms with E-state index in [1.807, 2.05) is 49.4 Å². The number of para-hydroxylation sites is 1. The maximum absolute atomic E-state index is 13.0. The first-order chi connectivity index (χ1) is 14.4. The van der Waals surface area contributed by atoms with Crippen molar-refractivity contribution in [3.63, 3.8) is 0 Å². The molecule has 2 N–H and O–H groups in total. The molecule has 7 nitrogen and oxygen atoms in total. The molecule has 0 saturated carbocycles. The monoisotopic (exact) mass is 404 g/mol. The molecule has 1 heterocycles. The van der Waals surface area contributed by atoms with Crippen molar-refractivity contribution in [1.29, 1.82) is 0 Å². The Morgan fingerprint density at radius 2 is 1.70 bits per heavy atom. The van der Waals surface area contributed by atoms with Crippen LogP contribution in [0.3, 0.4) is 0 Å². The number of hydrogen-bond acceptors (Lipinski definition) is 4. The molecular formula is C23H24N4O3. The van der Waals surface area contributed by atoms with Crippen LogP contribution in [0.5, 0.6) is 0 Å². The topological polar surface area (TPSA) is 93.1 Å². The van der Waals surface area contributed by atoms with Gasteiger partial charge in [0.05, 0.1) is 5.69 Å². The van der Waals surface area contributed by atoms with Gasteiger partial charge in [-0.1, -0.05) is 55.0 Å². The summed E-state index contributed by atoms with van der Waals surface area (Å²) >= 11 is 0. The maximum Gasteiger partial charge on any atom is 0.291 e. The molecule has 0 fully saturated rings. The number of hydrogen-bond donors (Lipinski definition) is 2. The number of benzene rings is 2. The van der Waals surface area contributed by atoms with E-state index in [2.05, 4.69) is 15.7 Å². The summed E-state index contributed by atoms with van der Waals surface area (Å²) in [5.41, 5.74) is 2.53. The largest absolute Gasteiger partial charge is 0.324 e. The molecule has 30 heavy (non-hydrogen) atoms. The Hall–Kier alpha value is -3.74. The van der Waals surface area contributed by atoms with Crippen LogP contribution in [0.4, 0.5) is 11.4 Å². The zero-order chi connectivity index (χ0) is 21.7. The molecule has 0 saturated heterocycles. The van der Waals surface area contributed by atoms with Crippen molar-refractivity contribution in [3.05, 3.63) is 76.6 Å². The number of amides is 2. The molecule has 0 radical (unpaired) electrons. The highest BCUT2D eigenvalue weighted by molar-refractivity contribution is 5.94. The van der Waals surface area contributed by atoms with E-state index in [4.69, 9.17) is 0 Å². The number of aryl methyl sites for hydroxylation is 1. The van der Waals surface area contributed by atoms with Crippen molar-refractivity contribution < 1.29 is 9.59 Å². The molecule has 3 rings (SSSR count). The van der Waals surface area contributed by atoms with Crippen LogP contribution in [0.2, 0.25) is 0 Å². The molecule has 2 aromatic carbocycles. The lowest BCUT2D eigenvalue weighted by molar-refractivity contribution is -0.119. The van der Waals surface area contributed by atoms with Crippen LogP contribution >= 0.6 is 0 Å². The number of carbonyl (C=O) groups excluding carboxylic acids is 2. The second-order valence-electron chi connectivity index (χ2n) is 7.02. The van der Waals surface area contributed by atoms with Gasteiger partial charge in [-0.2, -0.15) is 5.10 Å². The lowest BCUT2D eigenvalue weighted by Crippen LogP contribution is -2.36. The molecule has 0 aliphatic carbocycles. The molecule has 0 spiro atoms. The molecule has 0 aliphatic rings. The van der Waals surface area contributed by atoms with Gasteiger partial charge in [-0.25, -0.2) is 4.68 Å². The van der Waals surface area contributed by atoms with E-state index in [0.29, 0.717) is 17.8 Å². The van der Waals surface area contributed by atoms with Crippen LogP contribution in [-0.4, -0.2) is 21.6 Å². The van der Waals surface area contributed by atoms with E-state index in [1.165, 1.54) is 13.0 Å². The molecule has 2 amide bonds. The highest BCUT2D eigenvalue weighted by atomic mass is 16.2. The number of carbonyl (C=O) groups is 2. The lowest BCUT2D eigenvalue weighted by Gasteiger charge is -2.19. The van der Waals surface area contributed by atoms with E-state index in [9.17, 15) is 14.4 Å². The summed E-state index contributed by atoms with van der Waals surface area (Å²) in [7, 11) is 0. The first-order valence-corrected chi connectivity index (χ1v) is 9.73. The van der Waals surface area contributed by atoms with Gasteiger partial charge in [0.2, 0.25) is 11.8 Å². The predicted molar refractivity (Wildman–Crippen MR) is 117 cm³/mol. The number of nitrogens with zero attached hydrogens (tertiary/aromatic N) is 2. The molecule has 0 bridgehead atoms. The second-order valence-corrected chi connectivity index (χ2v) is 7.02. The van der Waals surface area contributed by atoms with Crippen molar-refractivity contribution >= 4 is 23.2 Å². The van der Waals surface area contributed by atoms with Crippen LogP contribution < -0.4 is 16.2 Å². The van der Waals surface area contributed by atoms with Gasteiger partial charge in [-0.05, 0) is 31.5 Å². The number of aromatic nitrogens is 2. The van der Waals surface area contributed by atoms with E-state index in [0.717, 1.165) is 15.8 Å². The quantitative estimate of drug-likeness (QED) is 0.654. The van der Waals surface area contributed by atoms with Crippen LogP contribution in [0.1, 0.15) is 31.9 Å². The lowest BCUT2D eigenvalue weighted by atomic mass is 10.1. The van der Waals surface area contributed by atoms with Gasteiger partial charge >= 0.3 is 0 Å². The molecule has 0 unspecified atom stereocenters. The van der Waals surface area contributed by atoms with E-state index >= 15 is 0 Å². The maximum atomic E-state index is 13.0. The summed E-state index contributed by atoms with van der Waals surface area (Å²) in [6.07, 6.45) is 0.350. The predicted octanol–water partition coefficient (Wildman–Crippen LogP) is 3.77. The van der Waals surface area contributed by atoms with Crippen LogP contribution in [0.15, 0.2) is 65.5 Å². The third kappa shape index (κ3) is 4.81. The summed E-state index contributed by atoms with van der Waals surface area (Å²) in [6.45, 7) is 5.11. The molecule has 3 aromatic rings. The SMILES string of the molecule is CC[C@@H](C(=O)Nc1ccccc1)n1nc(-c2ccc(C)cc2)cc(NC(C)=O)c1=O. The van der Waals surface area contributed by atoms with Gasteiger partial charge in [-0.15, -0.1) is 0 Å². The van der Waals surface area contributed by atoms with Gasteiger partial charge < -0.3 is 10.6 Å². The zero-order valence-corrected chi connectivity index (χ0v) is 17.2. The standard InChI is InChI=1S/C23H24N4O3/c1-4-21(22(29)25-18-8-6-5-7-9-18)27-23(30)20(24-16(3)28)14-19(26-27)17-12-10-15(2)11-13-17/h5-14,21H,4H2,1-3H3,(H,24,28)(H,25,29)/t21-/m0/s1. The van der Waals surface area contributed by atoms with E-state index in [-0.39, 0.29) is 17.5 Å². The summed E-state index contributed by atoms with van der Waals surface area (Å²) in [6, 6.07) is 17.4. The molecule has 0 aliphatic heterocycles. The normalized spacial score (nSPS) is 11.6. The minimum absolute atomic E-state index is 0.0824.